The lowest BCUT2D eigenvalue weighted by atomic mass is 10.2. The Morgan fingerprint density at radius 3 is 2.45 bits per heavy atom. The van der Waals surface area contributed by atoms with Crippen molar-refractivity contribution in [3.05, 3.63) is 0 Å². The summed E-state index contributed by atoms with van der Waals surface area (Å²) in [6.07, 6.45) is 2.43. The van der Waals surface area contributed by atoms with Gasteiger partial charge in [-0.2, -0.15) is 11.8 Å². The Morgan fingerprint density at radius 2 is 2.00 bits per heavy atom. The van der Waals surface area contributed by atoms with Gasteiger partial charge in [0.15, 0.2) is 0 Å². The molecule has 0 rings (SSSR count). The summed E-state index contributed by atoms with van der Waals surface area (Å²) in [7, 11) is 0. The molecular weight excluding hydrogens is 176 g/mol. The van der Waals surface area contributed by atoms with Crippen molar-refractivity contribution < 1.29 is 0 Å². The van der Waals surface area contributed by atoms with Crippen molar-refractivity contribution in [1.82, 2.24) is 0 Å². The van der Waals surface area contributed by atoms with Crippen LogP contribution in [0.15, 0.2) is 0 Å². The summed E-state index contributed by atoms with van der Waals surface area (Å²) in [5.74, 6) is 2.95. The lowest BCUT2D eigenvalue weighted by Gasteiger charge is -2.12. The Labute approximate surface area is 80.1 Å². The van der Waals surface area contributed by atoms with Gasteiger partial charge in [-0.1, -0.05) is 27.2 Å². The van der Waals surface area contributed by atoms with Crippen LogP contribution in [0.5, 0.6) is 0 Å². The van der Waals surface area contributed by atoms with E-state index in [2.05, 4.69) is 20.8 Å². The molecule has 0 aromatic rings. The van der Waals surface area contributed by atoms with Crippen molar-refractivity contribution in [2.24, 2.45) is 5.92 Å². The average molecular weight is 195 g/mol. The topological polar surface area (TPSA) is 0 Å². The van der Waals surface area contributed by atoms with E-state index in [1.54, 1.807) is 0 Å². The van der Waals surface area contributed by atoms with Gasteiger partial charge in [-0.05, 0) is 18.1 Å². The van der Waals surface area contributed by atoms with Crippen LogP contribution in [-0.2, 0) is 0 Å². The third-order valence-electron chi connectivity index (χ3n) is 1.88. The third-order valence-corrected chi connectivity index (χ3v) is 3.66. The molecule has 0 aliphatic carbocycles. The molecule has 0 bridgehead atoms. The standard InChI is InChI=1S/C9H19ClS/c1-4-8(2)7-11-9(3)5-6-10/h8-9H,4-7H2,1-3H3. The molecular formula is C9H19ClS. The molecule has 68 valence electrons. The second-order valence-corrected chi connectivity index (χ2v) is 4.98. The quantitative estimate of drug-likeness (QED) is 0.580. The van der Waals surface area contributed by atoms with Gasteiger partial charge < -0.3 is 0 Å². The van der Waals surface area contributed by atoms with Crippen LogP contribution in [0.1, 0.15) is 33.6 Å². The van der Waals surface area contributed by atoms with Crippen molar-refractivity contribution in [2.45, 2.75) is 38.9 Å². The van der Waals surface area contributed by atoms with Crippen molar-refractivity contribution in [1.29, 1.82) is 0 Å². The van der Waals surface area contributed by atoms with Gasteiger partial charge in [-0.25, -0.2) is 0 Å². The fraction of sp³-hybridized carbons (Fsp3) is 1.00. The van der Waals surface area contributed by atoms with Crippen LogP contribution in [0.2, 0.25) is 0 Å². The van der Waals surface area contributed by atoms with Crippen LogP contribution >= 0.6 is 23.4 Å². The monoisotopic (exact) mass is 194 g/mol. The number of rotatable bonds is 6. The maximum absolute atomic E-state index is 5.63. The fourth-order valence-electron chi connectivity index (χ4n) is 0.683. The van der Waals surface area contributed by atoms with Crippen LogP contribution in [0.25, 0.3) is 0 Å². The molecule has 2 unspecified atom stereocenters. The van der Waals surface area contributed by atoms with E-state index in [0.717, 1.165) is 23.5 Å². The average Bonchev–Trinajstić information content (AvgIpc) is 2.01. The van der Waals surface area contributed by atoms with E-state index >= 15 is 0 Å². The second kappa shape index (κ2) is 7.30. The van der Waals surface area contributed by atoms with Gasteiger partial charge in [0, 0.05) is 11.1 Å². The molecule has 0 saturated carbocycles. The van der Waals surface area contributed by atoms with Crippen molar-refractivity contribution in [3.8, 4) is 0 Å². The number of hydrogen-bond acceptors (Lipinski definition) is 1. The van der Waals surface area contributed by atoms with Gasteiger partial charge in [0.1, 0.15) is 0 Å². The molecule has 0 fully saturated rings. The third kappa shape index (κ3) is 7.02. The molecule has 0 N–H and O–H groups in total. The fourth-order valence-corrected chi connectivity index (χ4v) is 2.32. The summed E-state index contributed by atoms with van der Waals surface area (Å²) in [5, 5.41) is 0.737. The highest BCUT2D eigenvalue weighted by Crippen LogP contribution is 2.19. The van der Waals surface area contributed by atoms with E-state index in [1.807, 2.05) is 11.8 Å². The first-order valence-corrected chi connectivity index (χ1v) is 5.96. The molecule has 0 heterocycles. The Morgan fingerprint density at radius 1 is 1.36 bits per heavy atom. The zero-order valence-corrected chi connectivity index (χ0v) is 9.34. The van der Waals surface area contributed by atoms with Crippen LogP contribution in [0.3, 0.4) is 0 Å². The molecule has 0 amide bonds. The number of thioether (sulfide) groups is 1. The van der Waals surface area contributed by atoms with E-state index in [9.17, 15) is 0 Å². The molecule has 0 aliphatic heterocycles. The molecule has 0 saturated heterocycles. The van der Waals surface area contributed by atoms with Crippen molar-refractivity contribution in [2.75, 3.05) is 11.6 Å². The lowest BCUT2D eigenvalue weighted by molar-refractivity contribution is 0.635. The van der Waals surface area contributed by atoms with Gasteiger partial charge in [-0.15, -0.1) is 11.6 Å². The summed E-state index contributed by atoms with van der Waals surface area (Å²) >= 11 is 7.68. The Hall–Kier alpha value is 0.640. The van der Waals surface area contributed by atoms with Crippen LogP contribution < -0.4 is 0 Å². The number of alkyl halides is 1. The smallest absolute Gasteiger partial charge is 0.0233 e. The largest absolute Gasteiger partial charge is 0.159 e. The van der Waals surface area contributed by atoms with E-state index in [0.29, 0.717) is 0 Å². The number of halogens is 1. The first-order valence-electron chi connectivity index (χ1n) is 4.38. The van der Waals surface area contributed by atoms with Crippen LogP contribution in [-0.4, -0.2) is 16.9 Å². The maximum atomic E-state index is 5.63. The summed E-state index contributed by atoms with van der Waals surface area (Å²) in [5.41, 5.74) is 0. The molecule has 2 atom stereocenters. The normalized spacial score (nSPS) is 16.4. The summed E-state index contributed by atoms with van der Waals surface area (Å²) in [4.78, 5) is 0. The van der Waals surface area contributed by atoms with Crippen LogP contribution in [0.4, 0.5) is 0 Å². The van der Waals surface area contributed by atoms with Gasteiger partial charge >= 0.3 is 0 Å². The van der Waals surface area contributed by atoms with Crippen molar-refractivity contribution >= 4 is 23.4 Å². The Balaban J connectivity index is 3.22. The minimum atomic E-state index is 0.737. The summed E-state index contributed by atoms with van der Waals surface area (Å²) < 4.78 is 0. The van der Waals surface area contributed by atoms with Gasteiger partial charge in [0.2, 0.25) is 0 Å². The summed E-state index contributed by atoms with van der Waals surface area (Å²) in [6, 6.07) is 0. The number of hydrogen-bond donors (Lipinski definition) is 0. The molecule has 0 spiro atoms. The minimum absolute atomic E-state index is 0.737. The molecule has 0 aliphatic rings. The van der Waals surface area contributed by atoms with E-state index < -0.39 is 0 Å². The van der Waals surface area contributed by atoms with E-state index in [4.69, 9.17) is 11.6 Å². The highest BCUT2D eigenvalue weighted by Gasteiger charge is 2.04. The highest BCUT2D eigenvalue weighted by molar-refractivity contribution is 7.99. The highest BCUT2D eigenvalue weighted by atomic mass is 35.5. The lowest BCUT2D eigenvalue weighted by Crippen LogP contribution is -2.03. The predicted molar refractivity (Wildman–Crippen MR) is 56.7 cm³/mol. The maximum Gasteiger partial charge on any atom is 0.0233 e. The first kappa shape index (κ1) is 11.6. The minimum Gasteiger partial charge on any atom is -0.159 e. The first-order chi connectivity index (χ1) is 5.20. The molecule has 11 heavy (non-hydrogen) atoms. The van der Waals surface area contributed by atoms with E-state index in [1.165, 1.54) is 12.2 Å². The van der Waals surface area contributed by atoms with Crippen LogP contribution in [0, 0.1) is 5.92 Å². The Kier molecular flexibility index (Phi) is 7.72. The predicted octanol–water partition coefficient (Wildman–Crippen LogP) is 3.78. The van der Waals surface area contributed by atoms with Crippen molar-refractivity contribution in [3.63, 3.8) is 0 Å². The molecule has 0 nitrogen and oxygen atoms in total. The van der Waals surface area contributed by atoms with Gasteiger partial charge in [-0.3, -0.25) is 0 Å². The zero-order chi connectivity index (χ0) is 8.69. The van der Waals surface area contributed by atoms with Gasteiger partial charge in [0.25, 0.3) is 0 Å². The molecule has 0 radical (unpaired) electrons. The Bertz CT molecular complexity index is 85.6. The zero-order valence-electron chi connectivity index (χ0n) is 7.77. The SMILES string of the molecule is CCC(C)CSC(C)CCCl. The molecule has 0 aromatic carbocycles. The molecule has 0 aromatic heterocycles. The van der Waals surface area contributed by atoms with E-state index in [-0.39, 0.29) is 0 Å². The summed E-state index contributed by atoms with van der Waals surface area (Å²) in [6.45, 7) is 6.81. The molecule has 2 heteroatoms. The van der Waals surface area contributed by atoms with Gasteiger partial charge in [0.05, 0.1) is 0 Å². The second-order valence-electron chi connectivity index (χ2n) is 3.14.